The van der Waals surface area contributed by atoms with Gasteiger partial charge in [0.25, 0.3) is 0 Å². The van der Waals surface area contributed by atoms with E-state index in [1.807, 2.05) is 30.3 Å². The first-order valence-corrected chi connectivity index (χ1v) is 5.60. The third-order valence-electron chi connectivity index (χ3n) is 3.54. The van der Waals surface area contributed by atoms with Crippen LogP contribution in [0.1, 0.15) is 18.4 Å². The summed E-state index contributed by atoms with van der Waals surface area (Å²) >= 11 is 0. The number of hydrogen-bond acceptors (Lipinski definition) is 2. The van der Waals surface area contributed by atoms with Gasteiger partial charge in [-0.15, -0.1) is 0 Å². The molecule has 1 fully saturated rings. The number of aliphatic carboxylic acids is 1. The van der Waals surface area contributed by atoms with Crippen molar-refractivity contribution in [3.63, 3.8) is 0 Å². The second-order valence-electron chi connectivity index (χ2n) is 4.57. The minimum atomic E-state index is -0.870. The summed E-state index contributed by atoms with van der Waals surface area (Å²) in [7, 11) is 0. The summed E-state index contributed by atoms with van der Waals surface area (Å²) in [6.45, 7) is 0. The molecule has 2 N–H and O–H groups in total. The van der Waals surface area contributed by atoms with Gasteiger partial charge in [0, 0.05) is 5.56 Å². The molecule has 17 heavy (non-hydrogen) atoms. The molecule has 3 nitrogen and oxygen atoms in total. The molecule has 0 aromatic heterocycles. The first kappa shape index (κ1) is 10.1. The average molecular weight is 228 g/mol. The van der Waals surface area contributed by atoms with Gasteiger partial charge in [-0.2, -0.15) is 0 Å². The molecular weight excluding hydrogens is 216 g/mol. The van der Waals surface area contributed by atoms with E-state index in [9.17, 15) is 15.0 Å². The Morgan fingerprint density at radius 1 is 1.12 bits per heavy atom. The van der Waals surface area contributed by atoms with Gasteiger partial charge in [-0.3, -0.25) is 4.79 Å². The van der Waals surface area contributed by atoms with Gasteiger partial charge in [0.15, 0.2) is 0 Å². The Morgan fingerprint density at radius 2 is 1.82 bits per heavy atom. The maximum Gasteiger partial charge on any atom is 0.314 e. The van der Waals surface area contributed by atoms with Gasteiger partial charge in [0.1, 0.15) is 5.75 Å². The zero-order valence-corrected chi connectivity index (χ0v) is 9.18. The second kappa shape index (κ2) is 3.23. The second-order valence-corrected chi connectivity index (χ2v) is 4.57. The first-order valence-electron chi connectivity index (χ1n) is 5.60. The smallest absolute Gasteiger partial charge is 0.314 e. The summed E-state index contributed by atoms with van der Waals surface area (Å²) in [6, 6.07) is 11.0. The highest BCUT2D eigenvalue weighted by Crippen LogP contribution is 2.53. The lowest BCUT2D eigenvalue weighted by Gasteiger charge is -2.15. The van der Waals surface area contributed by atoms with Gasteiger partial charge >= 0.3 is 5.97 Å². The number of phenols is 1. The van der Waals surface area contributed by atoms with Crippen LogP contribution in [0, 0.1) is 0 Å². The molecular formula is C14H12O3. The number of benzene rings is 2. The maximum absolute atomic E-state index is 11.4. The minimum absolute atomic E-state index is 0.0867. The molecule has 86 valence electrons. The van der Waals surface area contributed by atoms with Crippen LogP contribution in [0.3, 0.4) is 0 Å². The molecule has 1 aliphatic rings. The molecule has 0 heterocycles. The standard InChI is InChI=1S/C14H12O3/c15-11-6-5-9-3-1-2-4-10(9)12(11)14(7-8-14)13(16)17/h1-6,15H,7-8H2,(H,16,17). The lowest BCUT2D eigenvalue weighted by atomic mass is 9.90. The molecule has 0 spiro atoms. The maximum atomic E-state index is 11.4. The molecule has 0 amide bonds. The summed E-state index contributed by atoms with van der Waals surface area (Å²) in [5, 5.41) is 21.1. The molecule has 2 aromatic rings. The van der Waals surface area contributed by atoms with Crippen LogP contribution in [0.2, 0.25) is 0 Å². The highest BCUT2D eigenvalue weighted by atomic mass is 16.4. The van der Waals surface area contributed by atoms with Crippen molar-refractivity contribution in [1.82, 2.24) is 0 Å². The van der Waals surface area contributed by atoms with Crippen molar-refractivity contribution >= 4 is 16.7 Å². The highest BCUT2D eigenvalue weighted by Gasteiger charge is 2.53. The van der Waals surface area contributed by atoms with Crippen LogP contribution < -0.4 is 0 Å². The predicted octanol–water partition coefficient (Wildman–Crippen LogP) is 2.66. The average Bonchev–Trinajstić information content (AvgIpc) is 3.10. The van der Waals surface area contributed by atoms with Gasteiger partial charge in [0.05, 0.1) is 5.41 Å². The van der Waals surface area contributed by atoms with Gasteiger partial charge in [-0.25, -0.2) is 0 Å². The number of carbonyl (C=O) groups is 1. The Morgan fingerprint density at radius 3 is 2.47 bits per heavy atom. The lowest BCUT2D eigenvalue weighted by Crippen LogP contribution is -2.20. The molecule has 0 radical (unpaired) electrons. The van der Waals surface area contributed by atoms with E-state index in [0.29, 0.717) is 18.4 Å². The van der Waals surface area contributed by atoms with Crippen molar-refractivity contribution < 1.29 is 15.0 Å². The number of aromatic hydroxyl groups is 1. The number of rotatable bonds is 2. The monoisotopic (exact) mass is 228 g/mol. The van der Waals surface area contributed by atoms with E-state index in [-0.39, 0.29) is 5.75 Å². The van der Waals surface area contributed by atoms with Gasteiger partial charge in [0.2, 0.25) is 0 Å². The third-order valence-corrected chi connectivity index (χ3v) is 3.54. The lowest BCUT2D eigenvalue weighted by molar-refractivity contribution is -0.140. The Balaban J connectivity index is 2.35. The quantitative estimate of drug-likeness (QED) is 0.830. The molecule has 0 saturated heterocycles. The Hall–Kier alpha value is -2.03. The van der Waals surface area contributed by atoms with Crippen molar-refractivity contribution in [3.05, 3.63) is 42.0 Å². The molecule has 1 aliphatic carbocycles. The molecule has 0 atom stereocenters. The van der Waals surface area contributed by atoms with Crippen molar-refractivity contribution in [3.8, 4) is 5.75 Å². The molecule has 2 aromatic carbocycles. The van der Waals surface area contributed by atoms with Crippen LogP contribution in [0.15, 0.2) is 36.4 Å². The molecule has 0 unspecified atom stereocenters. The largest absolute Gasteiger partial charge is 0.508 e. The zero-order chi connectivity index (χ0) is 12.0. The molecule has 0 bridgehead atoms. The van der Waals surface area contributed by atoms with E-state index in [4.69, 9.17) is 0 Å². The molecule has 3 rings (SSSR count). The summed E-state index contributed by atoms with van der Waals surface area (Å²) in [6.07, 6.45) is 1.20. The molecule has 1 saturated carbocycles. The number of carboxylic acids is 1. The van der Waals surface area contributed by atoms with Gasteiger partial charge in [-0.05, 0) is 29.7 Å². The predicted molar refractivity (Wildman–Crippen MR) is 64.2 cm³/mol. The normalized spacial score (nSPS) is 16.9. The number of phenolic OH excluding ortho intramolecular Hbond substituents is 1. The number of carboxylic acid groups (broad SMARTS) is 1. The van der Waals surface area contributed by atoms with E-state index >= 15 is 0 Å². The zero-order valence-electron chi connectivity index (χ0n) is 9.18. The van der Waals surface area contributed by atoms with Crippen LogP contribution in [0.4, 0.5) is 0 Å². The first-order chi connectivity index (χ1) is 8.15. The summed E-state index contributed by atoms with van der Waals surface area (Å²) in [5.41, 5.74) is -0.298. The number of hydrogen-bond donors (Lipinski definition) is 2. The van der Waals surface area contributed by atoms with Crippen LogP contribution in [0.5, 0.6) is 5.75 Å². The van der Waals surface area contributed by atoms with Crippen molar-refractivity contribution in [2.24, 2.45) is 0 Å². The van der Waals surface area contributed by atoms with E-state index in [1.54, 1.807) is 6.07 Å². The van der Waals surface area contributed by atoms with Crippen LogP contribution >= 0.6 is 0 Å². The minimum Gasteiger partial charge on any atom is -0.508 e. The van der Waals surface area contributed by atoms with Crippen molar-refractivity contribution in [1.29, 1.82) is 0 Å². The van der Waals surface area contributed by atoms with Crippen LogP contribution in [-0.4, -0.2) is 16.2 Å². The molecule has 3 heteroatoms. The van der Waals surface area contributed by atoms with Gasteiger partial charge < -0.3 is 10.2 Å². The fraction of sp³-hybridized carbons (Fsp3) is 0.214. The Labute approximate surface area is 98.3 Å². The van der Waals surface area contributed by atoms with E-state index < -0.39 is 11.4 Å². The van der Waals surface area contributed by atoms with Crippen molar-refractivity contribution in [2.45, 2.75) is 18.3 Å². The Bertz CT molecular complexity index is 612. The highest BCUT2D eigenvalue weighted by molar-refractivity contribution is 5.96. The van der Waals surface area contributed by atoms with E-state index in [1.165, 1.54) is 0 Å². The fourth-order valence-electron chi connectivity index (χ4n) is 2.46. The van der Waals surface area contributed by atoms with Crippen molar-refractivity contribution in [2.75, 3.05) is 0 Å². The fourth-order valence-corrected chi connectivity index (χ4v) is 2.46. The van der Waals surface area contributed by atoms with Crippen LogP contribution in [0.25, 0.3) is 10.8 Å². The number of fused-ring (bicyclic) bond motifs is 1. The van der Waals surface area contributed by atoms with Crippen LogP contribution in [-0.2, 0) is 10.2 Å². The Kier molecular flexibility index (Phi) is 1.93. The van der Waals surface area contributed by atoms with E-state index in [0.717, 1.165) is 10.8 Å². The SMILES string of the molecule is O=C(O)C1(c2c(O)ccc3ccccc23)CC1. The topological polar surface area (TPSA) is 57.5 Å². The third kappa shape index (κ3) is 1.32. The summed E-state index contributed by atoms with van der Waals surface area (Å²) in [4.78, 5) is 11.4. The molecule has 0 aliphatic heterocycles. The van der Waals surface area contributed by atoms with E-state index in [2.05, 4.69) is 0 Å². The van der Waals surface area contributed by atoms with Gasteiger partial charge in [-0.1, -0.05) is 30.3 Å². The summed E-state index contributed by atoms with van der Waals surface area (Å²) < 4.78 is 0. The summed E-state index contributed by atoms with van der Waals surface area (Å²) in [5.74, 6) is -0.757.